The molecule has 2 unspecified atom stereocenters. The first-order valence-corrected chi connectivity index (χ1v) is 9.99. The highest BCUT2D eigenvalue weighted by molar-refractivity contribution is 5.82. The molecular formula is C21H33N3O2. The van der Waals surface area contributed by atoms with Crippen LogP contribution in [0.3, 0.4) is 0 Å². The molecule has 3 N–H and O–H groups in total. The van der Waals surface area contributed by atoms with Crippen LogP contribution in [0.1, 0.15) is 44.7 Å². The van der Waals surface area contributed by atoms with Gasteiger partial charge < -0.3 is 20.6 Å². The van der Waals surface area contributed by atoms with Crippen molar-refractivity contribution in [2.45, 2.75) is 58.7 Å². The molecule has 5 heteroatoms. The molecule has 0 spiro atoms. The van der Waals surface area contributed by atoms with E-state index < -0.39 is 0 Å². The summed E-state index contributed by atoms with van der Waals surface area (Å²) < 4.78 is 0. The van der Waals surface area contributed by atoms with Crippen LogP contribution in [0.5, 0.6) is 5.75 Å². The number of nitrogens with zero attached hydrogens (tertiary/aromatic N) is 1. The average molecular weight is 360 g/mol. The van der Waals surface area contributed by atoms with Crippen LogP contribution >= 0.6 is 0 Å². The first-order valence-electron chi connectivity index (χ1n) is 9.99. The summed E-state index contributed by atoms with van der Waals surface area (Å²) in [6.07, 6.45) is 3.25. The maximum atomic E-state index is 12.9. The smallest absolute Gasteiger partial charge is 0.237 e. The Labute approximate surface area is 157 Å². The Kier molecular flexibility index (Phi) is 6.20. The van der Waals surface area contributed by atoms with E-state index in [0.717, 1.165) is 36.7 Å². The monoisotopic (exact) mass is 359 g/mol. The molecule has 0 aliphatic carbocycles. The van der Waals surface area contributed by atoms with Crippen LogP contribution in [-0.2, 0) is 17.8 Å². The van der Waals surface area contributed by atoms with Gasteiger partial charge in [0.2, 0.25) is 5.91 Å². The van der Waals surface area contributed by atoms with Gasteiger partial charge in [-0.25, -0.2) is 0 Å². The second-order valence-electron chi connectivity index (χ2n) is 8.46. The number of benzene rings is 1. The summed E-state index contributed by atoms with van der Waals surface area (Å²) in [5.74, 6) is 1.53. The molecule has 1 amide bonds. The highest BCUT2D eigenvalue weighted by atomic mass is 16.3. The first-order chi connectivity index (χ1) is 12.4. The van der Waals surface area contributed by atoms with Crippen LogP contribution in [0.4, 0.5) is 0 Å². The minimum Gasteiger partial charge on any atom is -0.508 e. The normalized spacial score (nSPS) is 24.9. The second-order valence-corrected chi connectivity index (χ2v) is 8.46. The number of hydrogen-bond acceptors (Lipinski definition) is 4. The van der Waals surface area contributed by atoms with Crippen molar-refractivity contribution in [3.63, 3.8) is 0 Å². The number of phenols is 1. The van der Waals surface area contributed by atoms with E-state index in [1.165, 1.54) is 12.8 Å². The third-order valence-electron chi connectivity index (χ3n) is 5.80. The van der Waals surface area contributed by atoms with Crippen molar-refractivity contribution in [3.05, 3.63) is 29.3 Å². The van der Waals surface area contributed by atoms with E-state index in [-0.39, 0.29) is 23.7 Å². The molecule has 2 aliphatic heterocycles. The molecule has 1 fully saturated rings. The number of carbonyl (C=O) groups excluding carboxylic acids is 1. The molecule has 5 nitrogen and oxygen atoms in total. The van der Waals surface area contributed by atoms with E-state index in [9.17, 15) is 9.90 Å². The van der Waals surface area contributed by atoms with Crippen LogP contribution in [0.25, 0.3) is 0 Å². The van der Waals surface area contributed by atoms with Crippen LogP contribution in [0, 0.1) is 11.8 Å². The molecule has 0 aromatic heterocycles. The lowest BCUT2D eigenvalue weighted by atomic mass is 9.94. The standard InChI is InChI=1S/C21H33N3O2/c1-14(2)20(13-24-8-4-5-15(3)12-24)23-21(26)19-10-16-6-7-18(25)9-17(16)11-22-19/h6-7,9,14-15,19-20,22,25H,4-5,8,10-13H2,1-3H3,(H,23,26)/t15?,19-,20?/m1/s1. The van der Waals surface area contributed by atoms with Gasteiger partial charge in [0.25, 0.3) is 0 Å². The number of phenolic OH excluding ortho intramolecular Hbond substituents is 1. The van der Waals surface area contributed by atoms with E-state index in [1.807, 2.05) is 6.07 Å². The van der Waals surface area contributed by atoms with E-state index >= 15 is 0 Å². The summed E-state index contributed by atoms with van der Waals surface area (Å²) in [4.78, 5) is 15.4. The van der Waals surface area contributed by atoms with Gasteiger partial charge in [-0.05, 0) is 60.9 Å². The molecule has 144 valence electrons. The van der Waals surface area contributed by atoms with Gasteiger partial charge >= 0.3 is 0 Å². The molecule has 2 aliphatic rings. The number of rotatable bonds is 5. The van der Waals surface area contributed by atoms with Gasteiger partial charge in [-0.2, -0.15) is 0 Å². The van der Waals surface area contributed by atoms with Crippen molar-refractivity contribution in [3.8, 4) is 5.75 Å². The van der Waals surface area contributed by atoms with Gasteiger partial charge in [0.15, 0.2) is 0 Å². The summed E-state index contributed by atoms with van der Waals surface area (Å²) in [5.41, 5.74) is 2.23. The fourth-order valence-corrected chi connectivity index (χ4v) is 4.12. The minimum absolute atomic E-state index is 0.0903. The Hall–Kier alpha value is -1.59. The zero-order valence-electron chi connectivity index (χ0n) is 16.3. The number of hydrogen-bond donors (Lipinski definition) is 3. The highest BCUT2D eigenvalue weighted by Crippen LogP contribution is 2.22. The minimum atomic E-state index is -0.200. The van der Waals surface area contributed by atoms with Crippen LogP contribution in [0.15, 0.2) is 18.2 Å². The number of amides is 1. The van der Waals surface area contributed by atoms with Crippen molar-refractivity contribution in [1.29, 1.82) is 0 Å². The van der Waals surface area contributed by atoms with E-state index in [2.05, 4.69) is 36.3 Å². The third-order valence-corrected chi connectivity index (χ3v) is 5.80. The fourth-order valence-electron chi connectivity index (χ4n) is 4.12. The largest absolute Gasteiger partial charge is 0.508 e. The summed E-state index contributed by atoms with van der Waals surface area (Å²) in [5, 5.41) is 16.2. The Morgan fingerprint density at radius 3 is 2.92 bits per heavy atom. The predicted octanol–water partition coefficient (Wildman–Crippen LogP) is 2.28. The molecule has 3 rings (SSSR count). The molecule has 0 radical (unpaired) electrons. The summed E-state index contributed by atoms with van der Waals surface area (Å²) in [7, 11) is 0. The Bertz CT molecular complexity index is 632. The van der Waals surface area contributed by atoms with Gasteiger partial charge in [0, 0.05) is 25.7 Å². The van der Waals surface area contributed by atoms with Gasteiger partial charge in [-0.1, -0.05) is 26.8 Å². The third kappa shape index (κ3) is 4.77. The predicted molar refractivity (Wildman–Crippen MR) is 104 cm³/mol. The van der Waals surface area contributed by atoms with E-state index in [4.69, 9.17) is 0 Å². The topological polar surface area (TPSA) is 64.6 Å². The lowest BCUT2D eigenvalue weighted by molar-refractivity contribution is -0.124. The molecular weight excluding hydrogens is 326 g/mol. The molecule has 0 bridgehead atoms. The maximum Gasteiger partial charge on any atom is 0.237 e. The average Bonchev–Trinajstić information content (AvgIpc) is 2.60. The lowest BCUT2D eigenvalue weighted by Crippen LogP contribution is -2.55. The Morgan fingerprint density at radius 2 is 2.19 bits per heavy atom. The molecule has 1 aromatic rings. The summed E-state index contributed by atoms with van der Waals surface area (Å²) in [6, 6.07) is 5.39. The van der Waals surface area contributed by atoms with Crippen molar-refractivity contribution in [1.82, 2.24) is 15.5 Å². The SMILES string of the molecule is CC1CCCN(CC(NC(=O)[C@H]2Cc3ccc(O)cc3CN2)C(C)C)C1. The van der Waals surface area contributed by atoms with Crippen molar-refractivity contribution >= 4 is 5.91 Å². The van der Waals surface area contributed by atoms with Gasteiger partial charge in [-0.15, -0.1) is 0 Å². The fraction of sp³-hybridized carbons (Fsp3) is 0.667. The lowest BCUT2D eigenvalue weighted by Gasteiger charge is -2.36. The number of fused-ring (bicyclic) bond motifs is 1. The van der Waals surface area contributed by atoms with Gasteiger partial charge in [0.1, 0.15) is 5.75 Å². The number of carbonyl (C=O) groups is 1. The second kappa shape index (κ2) is 8.40. The highest BCUT2D eigenvalue weighted by Gasteiger charge is 2.28. The Morgan fingerprint density at radius 1 is 1.38 bits per heavy atom. The number of piperidine rings is 1. The molecule has 26 heavy (non-hydrogen) atoms. The number of likely N-dealkylation sites (tertiary alicyclic amines) is 1. The van der Waals surface area contributed by atoms with Crippen LogP contribution in [-0.4, -0.2) is 47.6 Å². The molecule has 0 saturated carbocycles. The molecule has 2 heterocycles. The zero-order valence-corrected chi connectivity index (χ0v) is 16.3. The van der Waals surface area contributed by atoms with Gasteiger partial charge in [0.05, 0.1) is 6.04 Å². The van der Waals surface area contributed by atoms with Crippen LogP contribution in [0.2, 0.25) is 0 Å². The summed E-state index contributed by atoms with van der Waals surface area (Å²) >= 11 is 0. The van der Waals surface area contributed by atoms with Crippen molar-refractivity contribution in [2.75, 3.05) is 19.6 Å². The van der Waals surface area contributed by atoms with E-state index in [0.29, 0.717) is 18.9 Å². The first kappa shape index (κ1) is 19.2. The molecule has 1 saturated heterocycles. The Balaban J connectivity index is 1.58. The molecule has 1 aromatic carbocycles. The van der Waals surface area contributed by atoms with E-state index in [1.54, 1.807) is 12.1 Å². The number of nitrogens with one attached hydrogen (secondary N) is 2. The maximum absolute atomic E-state index is 12.9. The van der Waals surface area contributed by atoms with Crippen molar-refractivity contribution < 1.29 is 9.90 Å². The quantitative estimate of drug-likeness (QED) is 0.755. The van der Waals surface area contributed by atoms with Crippen LogP contribution < -0.4 is 10.6 Å². The van der Waals surface area contributed by atoms with Gasteiger partial charge in [-0.3, -0.25) is 4.79 Å². The van der Waals surface area contributed by atoms with Crippen molar-refractivity contribution in [2.24, 2.45) is 11.8 Å². The number of aromatic hydroxyl groups is 1. The molecule has 3 atom stereocenters. The summed E-state index contributed by atoms with van der Waals surface area (Å²) in [6.45, 7) is 10.5. The zero-order chi connectivity index (χ0) is 18.7.